The largest absolute Gasteiger partial charge is 0.348 e. The van der Waals surface area contributed by atoms with Crippen molar-refractivity contribution in [1.29, 1.82) is 0 Å². The number of aromatic nitrogens is 1. The molecule has 1 aromatic heterocycles. The van der Waals surface area contributed by atoms with Crippen LogP contribution in [0.2, 0.25) is 0 Å². The second-order valence-electron chi connectivity index (χ2n) is 6.78. The second kappa shape index (κ2) is 5.01. The fraction of sp³-hybridized carbons (Fsp3) is 0.421. The maximum atomic E-state index is 13.0. The van der Waals surface area contributed by atoms with Gasteiger partial charge in [0, 0.05) is 30.9 Å². The minimum atomic E-state index is -0.119. The third-order valence-corrected chi connectivity index (χ3v) is 5.46. The summed E-state index contributed by atoms with van der Waals surface area (Å²) in [4.78, 5) is 15.2. The minimum absolute atomic E-state index is 0.119. The average Bonchev–Trinajstić information content (AvgIpc) is 3.01. The Hall–Kier alpha value is -2.03. The van der Waals surface area contributed by atoms with Gasteiger partial charge in [0.2, 0.25) is 5.91 Å². The van der Waals surface area contributed by atoms with Gasteiger partial charge in [-0.1, -0.05) is 30.3 Å². The van der Waals surface area contributed by atoms with Gasteiger partial charge in [0.25, 0.3) is 0 Å². The zero-order valence-electron chi connectivity index (χ0n) is 13.0. The van der Waals surface area contributed by atoms with E-state index in [0.29, 0.717) is 5.91 Å². The molecule has 2 unspecified atom stereocenters. The third-order valence-electron chi connectivity index (χ3n) is 5.46. The summed E-state index contributed by atoms with van der Waals surface area (Å²) in [6, 6.07) is 14.7. The topological polar surface area (TPSA) is 25.2 Å². The first kappa shape index (κ1) is 13.6. The van der Waals surface area contributed by atoms with Crippen molar-refractivity contribution in [2.45, 2.75) is 38.3 Å². The highest BCUT2D eigenvalue weighted by Gasteiger charge is 2.47. The van der Waals surface area contributed by atoms with E-state index in [9.17, 15) is 4.79 Å². The first-order valence-corrected chi connectivity index (χ1v) is 8.19. The van der Waals surface area contributed by atoms with Gasteiger partial charge in [0.1, 0.15) is 0 Å². The van der Waals surface area contributed by atoms with Gasteiger partial charge >= 0.3 is 0 Å². The molecule has 0 spiro atoms. The molecule has 2 atom stereocenters. The number of carbonyl (C=O) groups excluding carboxylic acids is 1. The number of hydrogen-bond donors (Lipinski definition) is 0. The highest BCUT2D eigenvalue weighted by Crippen LogP contribution is 2.42. The molecule has 1 fully saturated rings. The molecule has 1 aromatic carbocycles. The first-order chi connectivity index (χ1) is 10.7. The molecule has 22 heavy (non-hydrogen) atoms. The second-order valence-corrected chi connectivity index (χ2v) is 6.78. The number of fused-ring (bicyclic) bond motifs is 3. The molecule has 1 amide bonds. The lowest BCUT2D eigenvalue weighted by molar-refractivity contribution is -0.150. The van der Waals surface area contributed by atoms with E-state index in [4.69, 9.17) is 0 Å². The monoisotopic (exact) mass is 294 g/mol. The number of nitrogens with zero attached hydrogens (tertiary/aromatic N) is 2. The van der Waals surface area contributed by atoms with Crippen molar-refractivity contribution in [3.05, 3.63) is 59.9 Å². The van der Waals surface area contributed by atoms with Crippen LogP contribution in [0.1, 0.15) is 31.0 Å². The van der Waals surface area contributed by atoms with Crippen LogP contribution >= 0.6 is 0 Å². The summed E-state index contributed by atoms with van der Waals surface area (Å²) in [5.41, 5.74) is 2.45. The summed E-state index contributed by atoms with van der Waals surface area (Å²) < 4.78 is 2.31. The van der Waals surface area contributed by atoms with Crippen LogP contribution in [0.3, 0.4) is 0 Å². The maximum absolute atomic E-state index is 13.0. The SMILES string of the molecule is CC12CCC(Cc3ccccc3)C(=O)N1CCn1cccc12. The summed E-state index contributed by atoms with van der Waals surface area (Å²) in [7, 11) is 0. The standard InChI is InChI=1S/C19H22N2O/c1-19-10-9-16(14-15-6-3-2-4-7-15)18(22)21(19)13-12-20-11-5-8-17(19)20/h2-8,11,16H,9-10,12-14H2,1H3. The average molecular weight is 294 g/mol. The molecule has 3 heteroatoms. The third kappa shape index (κ3) is 1.99. The lowest BCUT2D eigenvalue weighted by atomic mass is 9.78. The van der Waals surface area contributed by atoms with E-state index in [0.717, 1.165) is 32.4 Å². The van der Waals surface area contributed by atoms with E-state index < -0.39 is 0 Å². The Morgan fingerprint density at radius 3 is 2.77 bits per heavy atom. The molecule has 114 valence electrons. The van der Waals surface area contributed by atoms with Gasteiger partial charge in [-0.15, -0.1) is 0 Å². The van der Waals surface area contributed by atoms with Crippen LogP contribution in [0.5, 0.6) is 0 Å². The van der Waals surface area contributed by atoms with Crippen molar-refractivity contribution in [3.63, 3.8) is 0 Å². The fourth-order valence-corrected chi connectivity index (χ4v) is 4.19. The van der Waals surface area contributed by atoms with Crippen LogP contribution in [-0.2, 0) is 23.3 Å². The van der Waals surface area contributed by atoms with Crippen molar-refractivity contribution >= 4 is 5.91 Å². The number of amides is 1. The van der Waals surface area contributed by atoms with Gasteiger partial charge in [-0.05, 0) is 43.9 Å². The Labute approximate surface area is 131 Å². The van der Waals surface area contributed by atoms with Gasteiger partial charge < -0.3 is 9.47 Å². The van der Waals surface area contributed by atoms with Crippen LogP contribution in [-0.4, -0.2) is 21.9 Å². The Bertz CT molecular complexity index is 690. The van der Waals surface area contributed by atoms with E-state index in [2.05, 4.69) is 59.0 Å². The van der Waals surface area contributed by atoms with Gasteiger partial charge in [0.05, 0.1) is 5.54 Å². The molecule has 3 nitrogen and oxygen atoms in total. The number of hydrogen-bond acceptors (Lipinski definition) is 1. The van der Waals surface area contributed by atoms with Crippen LogP contribution in [0.4, 0.5) is 0 Å². The number of piperidine rings is 1. The Morgan fingerprint density at radius 2 is 1.95 bits per heavy atom. The quantitative estimate of drug-likeness (QED) is 0.835. The first-order valence-electron chi connectivity index (χ1n) is 8.19. The smallest absolute Gasteiger partial charge is 0.226 e. The molecule has 4 rings (SSSR count). The Balaban J connectivity index is 1.60. The zero-order chi connectivity index (χ0) is 15.2. The van der Waals surface area contributed by atoms with Gasteiger partial charge in [-0.3, -0.25) is 4.79 Å². The molecule has 1 saturated heterocycles. The predicted molar refractivity (Wildman–Crippen MR) is 86.4 cm³/mol. The van der Waals surface area contributed by atoms with E-state index in [1.165, 1.54) is 11.3 Å². The molecule has 3 heterocycles. The highest BCUT2D eigenvalue weighted by molar-refractivity contribution is 5.81. The van der Waals surface area contributed by atoms with Gasteiger partial charge in [-0.25, -0.2) is 0 Å². The van der Waals surface area contributed by atoms with Crippen molar-refractivity contribution < 1.29 is 4.79 Å². The molecular weight excluding hydrogens is 272 g/mol. The summed E-state index contributed by atoms with van der Waals surface area (Å²) in [5, 5.41) is 0. The van der Waals surface area contributed by atoms with Crippen molar-refractivity contribution in [1.82, 2.24) is 9.47 Å². The lowest BCUT2D eigenvalue weighted by Crippen LogP contribution is -2.58. The molecule has 2 aromatic rings. The number of rotatable bonds is 2. The summed E-state index contributed by atoms with van der Waals surface area (Å²) in [5.74, 6) is 0.474. The van der Waals surface area contributed by atoms with Gasteiger partial charge in [0.15, 0.2) is 0 Å². The van der Waals surface area contributed by atoms with E-state index in [1.807, 2.05) is 6.07 Å². The number of benzene rings is 1. The molecule has 2 aliphatic rings. The number of carbonyl (C=O) groups is 1. The highest BCUT2D eigenvalue weighted by atomic mass is 16.2. The lowest BCUT2D eigenvalue weighted by Gasteiger charge is -2.50. The maximum Gasteiger partial charge on any atom is 0.226 e. The minimum Gasteiger partial charge on any atom is -0.348 e. The Kier molecular flexibility index (Phi) is 3.10. The summed E-state index contributed by atoms with van der Waals surface area (Å²) in [6.07, 6.45) is 5.04. The predicted octanol–water partition coefficient (Wildman–Crippen LogP) is 3.20. The molecule has 0 radical (unpaired) electrons. The normalized spacial score (nSPS) is 27.4. The molecular formula is C19H22N2O. The fourth-order valence-electron chi connectivity index (χ4n) is 4.19. The summed E-state index contributed by atoms with van der Waals surface area (Å²) in [6.45, 7) is 3.98. The zero-order valence-corrected chi connectivity index (χ0v) is 13.0. The van der Waals surface area contributed by atoms with E-state index in [1.54, 1.807) is 0 Å². The van der Waals surface area contributed by atoms with Crippen LogP contribution in [0.15, 0.2) is 48.7 Å². The van der Waals surface area contributed by atoms with E-state index in [-0.39, 0.29) is 11.5 Å². The van der Waals surface area contributed by atoms with Crippen LogP contribution in [0, 0.1) is 5.92 Å². The van der Waals surface area contributed by atoms with E-state index >= 15 is 0 Å². The molecule has 0 saturated carbocycles. The molecule has 0 bridgehead atoms. The van der Waals surface area contributed by atoms with Crippen molar-refractivity contribution in [2.24, 2.45) is 5.92 Å². The summed E-state index contributed by atoms with van der Waals surface area (Å²) >= 11 is 0. The van der Waals surface area contributed by atoms with Gasteiger partial charge in [-0.2, -0.15) is 0 Å². The molecule has 2 aliphatic heterocycles. The Morgan fingerprint density at radius 1 is 1.14 bits per heavy atom. The molecule has 0 aliphatic carbocycles. The van der Waals surface area contributed by atoms with Crippen LogP contribution in [0.25, 0.3) is 0 Å². The van der Waals surface area contributed by atoms with Crippen molar-refractivity contribution in [3.8, 4) is 0 Å². The van der Waals surface area contributed by atoms with Crippen LogP contribution < -0.4 is 0 Å². The molecule has 0 N–H and O–H groups in total. The van der Waals surface area contributed by atoms with Crippen molar-refractivity contribution in [2.75, 3.05) is 6.54 Å².